The standard InChI is InChI=1S/C20H23N5O2/c1-14-10-25-13-18(23-19(25)9-21-14)20(27)22-8-17(26)12-24-7-6-15-4-2-3-5-16(15)11-24/h2-5,9-10,13,17,26H,6-8,11-12H2,1H3,(H,22,27)/t17-/m0/s1. The van der Waals surface area contributed by atoms with Crippen LogP contribution in [-0.2, 0) is 13.0 Å². The molecule has 0 saturated heterocycles. The van der Waals surface area contributed by atoms with Crippen molar-refractivity contribution < 1.29 is 9.90 Å². The number of benzene rings is 1. The van der Waals surface area contributed by atoms with Crippen molar-refractivity contribution in [2.75, 3.05) is 19.6 Å². The quantitative estimate of drug-likeness (QED) is 0.710. The van der Waals surface area contributed by atoms with Gasteiger partial charge < -0.3 is 14.8 Å². The van der Waals surface area contributed by atoms with Gasteiger partial charge in [-0.25, -0.2) is 4.98 Å². The predicted octanol–water partition coefficient (Wildman–Crippen LogP) is 1.19. The average molecular weight is 365 g/mol. The maximum Gasteiger partial charge on any atom is 0.271 e. The van der Waals surface area contributed by atoms with Gasteiger partial charge in [-0.3, -0.25) is 14.7 Å². The van der Waals surface area contributed by atoms with E-state index < -0.39 is 6.10 Å². The van der Waals surface area contributed by atoms with Crippen LogP contribution in [0.1, 0.15) is 27.3 Å². The minimum atomic E-state index is -0.625. The van der Waals surface area contributed by atoms with Crippen molar-refractivity contribution in [1.29, 1.82) is 0 Å². The molecule has 0 radical (unpaired) electrons. The Morgan fingerprint density at radius 2 is 2.11 bits per heavy atom. The molecule has 0 aliphatic carbocycles. The van der Waals surface area contributed by atoms with Gasteiger partial charge in [0.2, 0.25) is 0 Å². The van der Waals surface area contributed by atoms with Crippen LogP contribution in [0.5, 0.6) is 0 Å². The molecule has 2 aromatic heterocycles. The molecule has 1 aromatic carbocycles. The van der Waals surface area contributed by atoms with E-state index in [0.717, 1.165) is 25.2 Å². The number of aliphatic hydroxyl groups is 1. The third-order valence-corrected chi connectivity index (χ3v) is 4.88. The molecule has 7 heteroatoms. The van der Waals surface area contributed by atoms with Crippen molar-refractivity contribution in [1.82, 2.24) is 24.6 Å². The Morgan fingerprint density at radius 1 is 1.30 bits per heavy atom. The highest BCUT2D eigenvalue weighted by molar-refractivity contribution is 5.92. The van der Waals surface area contributed by atoms with Gasteiger partial charge in [-0.05, 0) is 24.5 Å². The predicted molar refractivity (Wildman–Crippen MR) is 101 cm³/mol. The number of carbonyl (C=O) groups is 1. The Bertz CT molecular complexity index is 968. The van der Waals surface area contributed by atoms with Crippen LogP contribution >= 0.6 is 0 Å². The molecule has 0 bridgehead atoms. The molecule has 1 aliphatic heterocycles. The first-order valence-corrected chi connectivity index (χ1v) is 9.15. The van der Waals surface area contributed by atoms with Gasteiger partial charge in [-0.15, -0.1) is 0 Å². The van der Waals surface area contributed by atoms with Gasteiger partial charge in [-0.2, -0.15) is 0 Å². The highest BCUT2D eigenvalue weighted by Gasteiger charge is 2.19. The number of carbonyl (C=O) groups excluding carboxylic acids is 1. The normalized spacial score (nSPS) is 15.5. The zero-order valence-electron chi connectivity index (χ0n) is 15.3. The second kappa shape index (κ2) is 7.46. The van der Waals surface area contributed by atoms with Crippen LogP contribution in [-0.4, -0.2) is 56.0 Å². The van der Waals surface area contributed by atoms with E-state index in [2.05, 4.69) is 38.4 Å². The summed E-state index contributed by atoms with van der Waals surface area (Å²) in [4.78, 5) is 23.0. The lowest BCUT2D eigenvalue weighted by molar-refractivity contribution is 0.0838. The fourth-order valence-electron chi connectivity index (χ4n) is 3.48. The van der Waals surface area contributed by atoms with Gasteiger partial charge in [0.15, 0.2) is 5.65 Å². The van der Waals surface area contributed by atoms with E-state index in [-0.39, 0.29) is 12.5 Å². The molecule has 0 unspecified atom stereocenters. The number of nitrogens with zero attached hydrogens (tertiary/aromatic N) is 4. The second-order valence-corrected chi connectivity index (χ2v) is 7.04. The zero-order chi connectivity index (χ0) is 18.8. The van der Waals surface area contributed by atoms with Crippen molar-refractivity contribution in [2.45, 2.75) is 26.0 Å². The molecule has 0 fully saturated rings. The molecule has 1 amide bonds. The van der Waals surface area contributed by atoms with Crippen LogP contribution in [0.4, 0.5) is 0 Å². The van der Waals surface area contributed by atoms with Crippen LogP contribution < -0.4 is 5.32 Å². The van der Waals surface area contributed by atoms with Crippen LogP contribution in [0, 0.1) is 6.92 Å². The summed E-state index contributed by atoms with van der Waals surface area (Å²) in [5, 5.41) is 13.1. The number of β-amino-alcohol motifs (C(OH)–C–C–N with tert-alkyl or cyclic N) is 1. The second-order valence-electron chi connectivity index (χ2n) is 7.04. The number of hydrogen-bond acceptors (Lipinski definition) is 5. The van der Waals surface area contributed by atoms with Gasteiger partial charge in [0.25, 0.3) is 5.91 Å². The Balaban J connectivity index is 1.31. The van der Waals surface area contributed by atoms with Crippen molar-refractivity contribution >= 4 is 11.6 Å². The molecule has 7 nitrogen and oxygen atoms in total. The number of amides is 1. The van der Waals surface area contributed by atoms with E-state index >= 15 is 0 Å². The third kappa shape index (κ3) is 3.99. The molecule has 140 valence electrons. The van der Waals surface area contributed by atoms with Gasteiger partial charge in [0.1, 0.15) is 5.69 Å². The van der Waals surface area contributed by atoms with Crippen molar-refractivity contribution in [2.24, 2.45) is 0 Å². The maximum atomic E-state index is 12.3. The molecule has 1 aliphatic rings. The molecule has 27 heavy (non-hydrogen) atoms. The summed E-state index contributed by atoms with van der Waals surface area (Å²) < 4.78 is 1.78. The number of imidazole rings is 1. The fourth-order valence-corrected chi connectivity index (χ4v) is 3.48. The molecule has 1 atom stereocenters. The summed E-state index contributed by atoms with van der Waals surface area (Å²) >= 11 is 0. The monoisotopic (exact) mass is 365 g/mol. The van der Waals surface area contributed by atoms with Crippen molar-refractivity contribution in [3.05, 3.63) is 65.4 Å². The maximum absolute atomic E-state index is 12.3. The number of aliphatic hydroxyl groups excluding tert-OH is 1. The van der Waals surface area contributed by atoms with Gasteiger partial charge in [0.05, 0.1) is 18.0 Å². The topological polar surface area (TPSA) is 82.8 Å². The van der Waals surface area contributed by atoms with E-state index in [1.54, 1.807) is 16.8 Å². The lowest BCUT2D eigenvalue weighted by Crippen LogP contribution is -2.42. The first kappa shape index (κ1) is 17.6. The Hall–Kier alpha value is -2.77. The summed E-state index contributed by atoms with van der Waals surface area (Å²) in [5.41, 5.74) is 4.49. The highest BCUT2D eigenvalue weighted by atomic mass is 16.3. The van der Waals surface area contributed by atoms with Crippen LogP contribution in [0.2, 0.25) is 0 Å². The first-order valence-electron chi connectivity index (χ1n) is 9.15. The van der Waals surface area contributed by atoms with E-state index in [4.69, 9.17) is 0 Å². The minimum Gasteiger partial charge on any atom is -0.390 e. The molecular formula is C20H23N5O2. The third-order valence-electron chi connectivity index (χ3n) is 4.88. The smallest absolute Gasteiger partial charge is 0.271 e. The zero-order valence-corrected chi connectivity index (χ0v) is 15.3. The van der Waals surface area contributed by atoms with Gasteiger partial charge >= 0.3 is 0 Å². The van der Waals surface area contributed by atoms with E-state index in [9.17, 15) is 9.90 Å². The number of rotatable bonds is 5. The minimum absolute atomic E-state index is 0.197. The summed E-state index contributed by atoms with van der Waals surface area (Å²) in [6.07, 6.45) is 5.49. The van der Waals surface area contributed by atoms with E-state index in [1.807, 2.05) is 19.2 Å². The Labute approximate surface area is 157 Å². The van der Waals surface area contributed by atoms with E-state index in [1.165, 1.54) is 11.1 Å². The summed E-state index contributed by atoms with van der Waals surface area (Å²) in [6, 6.07) is 8.41. The molecule has 3 aromatic rings. The van der Waals surface area contributed by atoms with Crippen molar-refractivity contribution in [3.8, 4) is 0 Å². The lowest BCUT2D eigenvalue weighted by atomic mass is 10.00. The van der Waals surface area contributed by atoms with Gasteiger partial charge in [-0.1, -0.05) is 24.3 Å². The fraction of sp³-hybridized carbons (Fsp3) is 0.350. The van der Waals surface area contributed by atoms with Gasteiger partial charge in [0, 0.05) is 38.6 Å². The number of hydrogen-bond donors (Lipinski definition) is 2. The van der Waals surface area contributed by atoms with Crippen LogP contribution in [0.3, 0.4) is 0 Å². The molecular weight excluding hydrogens is 342 g/mol. The molecule has 0 spiro atoms. The van der Waals surface area contributed by atoms with Crippen LogP contribution in [0.15, 0.2) is 42.9 Å². The molecule has 2 N–H and O–H groups in total. The average Bonchev–Trinajstić information content (AvgIpc) is 3.09. The SMILES string of the molecule is Cc1cn2cc(C(=O)NC[C@H](O)CN3CCc4ccccc4C3)nc2cn1. The largest absolute Gasteiger partial charge is 0.390 e. The number of aromatic nitrogens is 3. The lowest BCUT2D eigenvalue weighted by Gasteiger charge is -2.30. The highest BCUT2D eigenvalue weighted by Crippen LogP contribution is 2.18. The Kier molecular flexibility index (Phi) is 4.87. The molecule has 3 heterocycles. The summed E-state index contributed by atoms with van der Waals surface area (Å²) in [7, 11) is 0. The number of aryl methyl sites for hydroxylation is 1. The first-order chi connectivity index (χ1) is 13.1. The Morgan fingerprint density at radius 3 is 2.96 bits per heavy atom. The summed E-state index contributed by atoms with van der Waals surface area (Å²) in [6.45, 7) is 4.36. The van der Waals surface area contributed by atoms with E-state index in [0.29, 0.717) is 17.9 Å². The molecule has 0 saturated carbocycles. The van der Waals surface area contributed by atoms with Crippen LogP contribution in [0.25, 0.3) is 5.65 Å². The summed E-state index contributed by atoms with van der Waals surface area (Å²) in [5.74, 6) is -0.292. The molecule has 4 rings (SSSR count). The van der Waals surface area contributed by atoms with Crippen molar-refractivity contribution in [3.63, 3.8) is 0 Å². The number of nitrogens with one attached hydrogen (secondary N) is 1. The number of fused-ring (bicyclic) bond motifs is 2.